The molecular formula is C15H22FNO2S. The van der Waals surface area contributed by atoms with E-state index >= 15 is 0 Å². The molecule has 0 aliphatic carbocycles. The van der Waals surface area contributed by atoms with E-state index in [1.54, 1.807) is 12.1 Å². The molecule has 0 spiro atoms. The Morgan fingerprint density at radius 3 is 2.80 bits per heavy atom. The molecule has 1 aliphatic rings. The smallest absolute Gasteiger partial charge is 0.123 e. The van der Waals surface area contributed by atoms with Gasteiger partial charge in [0, 0.05) is 30.1 Å². The quantitative estimate of drug-likeness (QED) is 0.905. The largest absolute Gasteiger partial charge is 0.491 e. The normalized spacial score (nSPS) is 25.4. The highest BCUT2D eigenvalue weighted by Crippen LogP contribution is 2.24. The van der Waals surface area contributed by atoms with Crippen LogP contribution in [0.5, 0.6) is 5.75 Å². The lowest BCUT2D eigenvalue weighted by molar-refractivity contribution is 0.0560. The summed E-state index contributed by atoms with van der Waals surface area (Å²) in [5, 5.41) is 10.7. The Morgan fingerprint density at radius 1 is 1.40 bits per heavy atom. The first-order chi connectivity index (χ1) is 9.56. The van der Waals surface area contributed by atoms with Crippen LogP contribution in [-0.2, 0) is 0 Å². The van der Waals surface area contributed by atoms with Crippen LogP contribution in [0.15, 0.2) is 24.3 Å². The maximum Gasteiger partial charge on any atom is 0.123 e. The van der Waals surface area contributed by atoms with Gasteiger partial charge in [-0.25, -0.2) is 4.39 Å². The Balaban J connectivity index is 1.77. The van der Waals surface area contributed by atoms with Gasteiger partial charge in [-0.15, -0.1) is 0 Å². The van der Waals surface area contributed by atoms with Crippen LogP contribution in [0.4, 0.5) is 4.39 Å². The third-order valence-electron chi connectivity index (χ3n) is 3.72. The Kier molecular flexibility index (Phi) is 5.69. The van der Waals surface area contributed by atoms with Crippen molar-refractivity contribution in [3.05, 3.63) is 30.1 Å². The summed E-state index contributed by atoms with van der Waals surface area (Å²) in [5.41, 5.74) is 0. The van der Waals surface area contributed by atoms with Crippen molar-refractivity contribution in [2.24, 2.45) is 0 Å². The molecule has 3 atom stereocenters. The van der Waals surface area contributed by atoms with Gasteiger partial charge in [0.25, 0.3) is 0 Å². The number of rotatable bonds is 5. The van der Waals surface area contributed by atoms with Gasteiger partial charge in [-0.2, -0.15) is 11.8 Å². The van der Waals surface area contributed by atoms with Crippen LogP contribution >= 0.6 is 11.8 Å². The van der Waals surface area contributed by atoms with Crippen molar-refractivity contribution >= 4 is 11.8 Å². The first kappa shape index (κ1) is 15.6. The predicted octanol–water partition coefficient (Wildman–Crippen LogP) is 2.39. The van der Waals surface area contributed by atoms with Gasteiger partial charge in [0.2, 0.25) is 0 Å². The van der Waals surface area contributed by atoms with Gasteiger partial charge in [-0.05, 0) is 31.2 Å². The standard InChI is InChI=1S/C15H22FNO2S/c1-11-12(2)20-8-7-17(11)9-14(18)10-19-15-5-3-13(16)4-6-15/h3-6,11-12,14,18H,7-10H2,1-2H3. The number of hydrogen-bond acceptors (Lipinski definition) is 4. The first-order valence-electron chi connectivity index (χ1n) is 6.98. The Hall–Kier alpha value is -0.780. The number of β-amino-alcohol motifs (C(OH)–C–C–N with tert-alkyl or cyclic N) is 1. The Morgan fingerprint density at radius 2 is 2.10 bits per heavy atom. The van der Waals surface area contributed by atoms with Crippen molar-refractivity contribution in [3.63, 3.8) is 0 Å². The van der Waals surface area contributed by atoms with Crippen molar-refractivity contribution in [1.82, 2.24) is 4.90 Å². The predicted molar refractivity (Wildman–Crippen MR) is 80.9 cm³/mol. The number of halogens is 1. The lowest BCUT2D eigenvalue weighted by Gasteiger charge is -2.38. The Labute approximate surface area is 124 Å². The van der Waals surface area contributed by atoms with Crippen molar-refractivity contribution < 1.29 is 14.2 Å². The molecule has 1 aromatic carbocycles. The highest BCUT2D eigenvalue weighted by molar-refractivity contribution is 8.00. The number of nitrogens with zero attached hydrogens (tertiary/aromatic N) is 1. The molecule has 0 amide bonds. The summed E-state index contributed by atoms with van der Waals surface area (Å²) in [6.07, 6.45) is -0.530. The fourth-order valence-electron chi connectivity index (χ4n) is 2.30. The molecule has 3 unspecified atom stereocenters. The second-order valence-electron chi connectivity index (χ2n) is 5.23. The highest BCUT2D eigenvalue weighted by atomic mass is 32.2. The van der Waals surface area contributed by atoms with E-state index in [1.807, 2.05) is 11.8 Å². The van der Waals surface area contributed by atoms with Crippen LogP contribution in [0.3, 0.4) is 0 Å². The summed E-state index contributed by atoms with van der Waals surface area (Å²) < 4.78 is 18.2. The van der Waals surface area contributed by atoms with E-state index in [4.69, 9.17) is 4.74 Å². The minimum absolute atomic E-state index is 0.233. The molecule has 2 rings (SSSR count). The van der Waals surface area contributed by atoms with Crippen molar-refractivity contribution in [1.29, 1.82) is 0 Å². The zero-order valence-corrected chi connectivity index (χ0v) is 12.8. The fraction of sp³-hybridized carbons (Fsp3) is 0.600. The molecule has 0 radical (unpaired) electrons. The number of thioether (sulfide) groups is 1. The first-order valence-corrected chi connectivity index (χ1v) is 8.03. The molecule has 0 saturated carbocycles. The second-order valence-corrected chi connectivity index (χ2v) is 6.72. The molecule has 1 heterocycles. The van der Waals surface area contributed by atoms with Crippen LogP contribution < -0.4 is 4.74 Å². The van der Waals surface area contributed by atoms with Gasteiger partial charge in [-0.3, -0.25) is 4.90 Å². The molecule has 1 fully saturated rings. The van der Waals surface area contributed by atoms with E-state index in [1.165, 1.54) is 12.1 Å². The van der Waals surface area contributed by atoms with Crippen LogP contribution in [-0.4, -0.2) is 52.9 Å². The third-order valence-corrected chi connectivity index (χ3v) is 5.05. The molecule has 1 aromatic rings. The summed E-state index contributed by atoms with van der Waals surface area (Å²) in [6.45, 7) is 6.28. The fourth-order valence-corrected chi connectivity index (χ4v) is 3.46. The van der Waals surface area contributed by atoms with Gasteiger partial charge in [0.05, 0.1) is 0 Å². The number of benzene rings is 1. The molecule has 5 heteroatoms. The minimum Gasteiger partial charge on any atom is -0.491 e. The maximum absolute atomic E-state index is 12.8. The second kappa shape index (κ2) is 7.29. The summed E-state index contributed by atoms with van der Waals surface area (Å²) in [7, 11) is 0. The summed E-state index contributed by atoms with van der Waals surface area (Å²) in [5.74, 6) is 1.41. The van der Waals surface area contributed by atoms with E-state index in [9.17, 15) is 9.50 Å². The monoisotopic (exact) mass is 299 g/mol. The van der Waals surface area contributed by atoms with E-state index < -0.39 is 6.10 Å². The average Bonchev–Trinajstić information content (AvgIpc) is 2.43. The lowest BCUT2D eigenvalue weighted by Crippen LogP contribution is -2.48. The van der Waals surface area contributed by atoms with Gasteiger partial charge in [0.1, 0.15) is 24.3 Å². The van der Waals surface area contributed by atoms with Crippen LogP contribution in [0, 0.1) is 5.82 Å². The molecular weight excluding hydrogens is 277 g/mol. The lowest BCUT2D eigenvalue weighted by atomic mass is 10.2. The maximum atomic E-state index is 12.8. The van der Waals surface area contributed by atoms with E-state index in [-0.39, 0.29) is 12.4 Å². The summed E-state index contributed by atoms with van der Waals surface area (Å²) in [4.78, 5) is 2.31. The van der Waals surface area contributed by atoms with Crippen molar-refractivity contribution in [2.45, 2.75) is 31.2 Å². The van der Waals surface area contributed by atoms with Gasteiger partial charge < -0.3 is 9.84 Å². The third kappa shape index (κ3) is 4.36. The van der Waals surface area contributed by atoms with Crippen LogP contribution in [0.25, 0.3) is 0 Å². The average molecular weight is 299 g/mol. The van der Waals surface area contributed by atoms with Crippen molar-refractivity contribution in [2.75, 3.05) is 25.4 Å². The minimum atomic E-state index is -0.530. The molecule has 112 valence electrons. The summed E-state index contributed by atoms with van der Waals surface area (Å²) >= 11 is 1.98. The number of ether oxygens (including phenoxy) is 1. The zero-order valence-electron chi connectivity index (χ0n) is 12.0. The van der Waals surface area contributed by atoms with Gasteiger partial charge in [0.15, 0.2) is 0 Å². The molecule has 1 N–H and O–H groups in total. The molecule has 20 heavy (non-hydrogen) atoms. The van der Waals surface area contributed by atoms with E-state index in [0.717, 1.165) is 12.3 Å². The topological polar surface area (TPSA) is 32.7 Å². The van der Waals surface area contributed by atoms with Crippen LogP contribution in [0.1, 0.15) is 13.8 Å². The molecule has 3 nitrogen and oxygen atoms in total. The molecule has 0 bridgehead atoms. The highest BCUT2D eigenvalue weighted by Gasteiger charge is 2.26. The Bertz CT molecular complexity index is 415. The number of aliphatic hydroxyl groups is 1. The van der Waals surface area contributed by atoms with Crippen molar-refractivity contribution in [3.8, 4) is 5.75 Å². The van der Waals surface area contributed by atoms with E-state index in [0.29, 0.717) is 23.6 Å². The zero-order chi connectivity index (χ0) is 14.5. The van der Waals surface area contributed by atoms with Gasteiger partial charge in [-0.1, -0.05) is 6.92 Å². The summed E-state index contributed by atoms with van der Waals surface area (Å²) in [6, 6.07) is 6.32. The number of hydrogen-bond donors (Lipinski definition) is 1. The number of aliphatic hydroxyl groups excluding tert-OH is 1. The SMILES string of the molecule is CC1SCCN(CC(O)COc2ccc(F)cc2)C1C. The van der Waals surface area contributed by atoms with Crippen LogP contribution in [0.2, 0.25) is 0 Å². The molecule has 0 aromatic heterocycles. The molecule has 1 aliphatic heterocycles. The van der Waals surface area contributed by atoms with Gasteiger partial charge >= 0.3 is 0 Å². The van der Waals surface area contributed by atoms with E-state index in [2.05, 4.69) is 18.7 Å². The molecule has 1 saturated heterocycles.